The van der Waals surface area contributed by atoms with Crippen LogP contribution in [0.1, 0.15) is 44.5 Å². The lowest BCUT2D eigenvalue weighted by Crippen LogP contribution is -2.33. The Hall–Kier alpha value is -2.59. The molecule has 1 saturated heterocycles. The van der Waals surface area contributed by atoms with E-state index in [0.717, 1.165) is 18.4 Å². The predicted octanol–water partition coefficient (Wildman–Crippen LogP) is 2.44. The van der Waals surface area contributed by atoms with Gasteiger partial charge in [0.05, 0.1) is 19.0 Å². The number of nitrogens with one attached hydrogen (secondary N) is 1. The van der Waals surface area contributed by atoms with E-state index < -0.39 is 24.5 Å². The lowest BCUT2D eigenvalue weighted by atomic mass is 10.0. The molecule has 1 aliphatic heterocycles. The third-order valence-corrected chi connectivity index (χ3v) is 5.52. The van der Waals surface area contributed by atoms with E-state index in [4.69, 9.17) is 9.47 Å². The normalized spacial score (nSPS) is 24.5. The van der Waals surface area contributed by atoms with Crippen LogP contribution in [0.25, 0.3) is 11.2 Å². The van der Waals surface area contributed by atoms with Crippen LogP contribution in [-0.4, -0.2) is 61.3 Å². The summed E-state index contributed by atoms with van der Waals surface area (Å²) in [5.41, 5.74) is 2.25. The zero-order valence-electron chi connectivity index (χ0n) is 17.8. The van der Waals surface area contributed by atoms with Crippen LogP contribution in [0, 0.1) is 0 Å². The third-order valence-electron chi connectivity index (χ3n) is 5.52. The van der Waals surface area contributed by atoms with Gasteiger partial charge in [0, 0.05) is 6.61 Å². The Labute approximate surface area is 181 Å². The Morgan fingerprint density at radius 3 is 2.68 bits per heavy atom. The molecule has 3 heterocycles. The van der Waals surface area contributed by atoms with Crippen LogP contribution in [-0.2, 0) is 9.47 Å². The second kappa shape index (κ2) is 9.69. The van der Waals surface area contributed by atoms with Gasteiger partial charge in [0.25, 0.3) is 0 Å². The SMILES string of the molecule is CCCOC[C@H]1O[C@@H](n2cnc3c(N[C@H](CC)c4ccccc4)ncnc32)C(O)[C@H]1O. The Kier molecular flexibility index (Phi) is 6.77. The molecule has 0 radical (unpaired) electrons. The fourth-order valence-corrected chi connectivity index (χ4v) is 3.86. The minimum absolute atomic E-state index is 0.0692. The van der Waals surface area contributed by atoms with Crippen molar-refractivity contribution in [3.63, 3.8) is 0 Å². The summed E-state index contributed by atoms with van der Waals surface area (Å²) in [6.45, 7) is 4.90. The van der Waals surface area contributed by atoms with E-state index in [0.29, 0.717) is 23.6 Å². The van der Waals surface area contributed by atoms with Gasteiger partial charge in [-0.15, -0.1) is 0 Å². The standard InChI is InChI=1S/C22H29N5O4/c1-3-10-30-11-16-18(28)19(29)22(31-16)27-13-25-17-20(23-12-24-21(17)27)26-15(4-2)14-8-6-5-7-9-14/h5-9,12-13,15-16,18-19,22,28-29H,3-4,10-11H2,1-2H3,(H,23,24,26)/t15-,16-,18+,19?,22-/m1/s1. The molecule has 166 valence electrons. The number of ether oxygens (including phenoxy) is 2. The van der Waals surface area contributed by atoms with E-state index in [9.17, 15) is 10.2 Å². The topological polar surface area (TPSA) is 115 Å². The van der Waals surface area contributed by atoms with Crippen molar-refractivity contribution in [2.24, 2.45) is 0 Å². The number of nitrogens with zero attached hydrogens (tertiary/aromatic N) is 4. The van der Waals surface area contributed by atoms with Crippen molar-refractivity contribution in [1.82, 2.24) is 19.5 Å². The summed E-state index contributed by atoms with van der Waals surface area (Å²) in [6.07, 6.45) is 1.15. The Bertz CT molecular complexity index is 982. The molecule has 2 aromatic heterocycles. The summed E-state index contributed by atoms with van der Waals surface area (Å²) in [5.74, 6) is 0.607. The largest absolute Gasteiger partial charge is 0.387 e. The molecule has 1 aliphatic rings. The number of imidazole rings is 1. The van der Waals surface area contributed by atoms with Gasteiger partial charge in [-0.3, -0.25) is 4.57 Å². The average Bonchev–Trinajstić information content (AvgIpc) is 3.35. The van der Waals surface area contributed by atoms with Crippen LogP contribution in [0.15, 0.2) is 43.0 Å². The van der Waals surface area contributed by atoms with Crippen LogP contribution in [0.4, 0.5) is 5.82 Å². The van der Waals surface area contributed by atoms with Gasteiger partial charge in [-0.25, -0.2) is 15.0 Å². The molecule has 31 heavy (non-hydrogen) atoms. The number of rotatable bonds is 9. The van der Waals surface area contributed by atoms with Gasteiger partial charge in [-0.1, -0.05) is 44.2 Å². The second-order valence-electron chi connectivity index (χ2n) is 7.68. The zero-order valence-corrected chi connectivity index (χ0v) is 17.8. The molecule has 0 spiro atoms. The summed E-state index contributed by atoms with van der Waals surface area (Å²) in [5, 5.41) is 24.4. The number of hydrogen-bond donors (Lipinski definition) is 3. The minimum Gasteiger partial charge on any atom is -0.387 e. The van der Waals surface area contributed by atoms with Gasteiger partial charge in [-0.2, -0.15) is 0 Å². The highest BCUT2D eigenvalue weighted by Crippen LogP contribution is 2.33. The molecular weight excluding hydrogens is 398 g/mol. The highest BCUT2D eigenvalue weighted by Gasteiger charge is 2.44. The molecule has 0 aliphatic carbocycles. The first-order valence-corrected chi connectivity index (χ1v) is 10.7. The molecule has 3 aromatic rings. The summed E-state index contributed by atoms with van der Waals surface area (Å²) in [4.78, 5) is 13.2. The van der Waals surface area contributed by atoms with Gasteiger partial charge < -0.3 is 25.0 Å². The van der Waals surface area contributed by atoms with Gasteiger partial charge in [0.15, 0.2) is 23.2 Å². The molecule has 1 aromatic carbocycles. The molecule has 0 amide bonds. The Morgan fingerprint density at radius 2 is 1.94 bits per heavy atom. The van der Waals surface area contributed by atoms with Crippen LogP contribution in [0.5, 0.6) is 0 Å². The van der Waals surface area contributed by atoms with Crippen LogP contribution in [0.2, 0.25) is 0 Å². The third kappa shape index (κ3) is 4.40. The number of aromatic nitrogens is 4. The smallest absolute Gasteiger partial charge is 0.167 e. The average molecular weight is 428 g/mol. The quantitative estimate of drug-likeness (QED) is 0.446. The molecule has 3 N–H and O–H groups in total. The number of aliphatic hydroxyl groups excluding tert-OH is 2. The van der Waals surface area contributed by atoms with Gasteiger partial charge in [0.2, 0.25) is 0 Å². The molecule has 9 nitrogen and oxygen atoms in total. The number of fused-ring (bicyclic) bond motifs is 1. The van der Waals surface area contributed by atoms with Crippen LogP contribution in [0.3, 0.4) is 0 Å². The molecule has 5 atom stereocenters. The van der Waals surface area contributed by atoms with Gasteiger partial charge in [-0.05, 0) is 18.4 Å². The maximum Gasteiger partial charge on any atom is 0.167 e. The summed E-state index contributed by atoms with van der Waals surface area (Å²) in [6, 6.07) is 10.2. The maximum atomic E-state index is 10.6. The van der Waals surface area contributed by atoms with E-state index in [1.807, 2.05) is 25.1 Å². The molecule has 9 heteroatoms. The fraction of sp³-hybridized carbons (Fsp3) is 0.500. The number of benzene rings is 1. The maximum absolute atomic E-state index is 10.6. The van der Waals surface area contributed by atoms with E-state index in [2.05, 4.69) is 39.3 Å². The number of hydrogen-bond acceptors (Lipinski definition) is 8. The summed E-state index contributed by atoms with van der Waals surface area (Å²) >= 11 is 0. The first kappa shape index (κ1) is 21.6. The van der Waals surface area contributed by atoms with Crippen molar-refractivity contribution < 1.29 is 19.7 Å². The first-order chi connectivity index (χ1) is 15.1. The van der Waals surface area contributed by atoms with Gasteiger partial charge in [0.1, 0.15) is 24.6 Å². The molecule has 0 bridgehead atoms. The van der Waals surface area contributed by atoms with Crippen molar-refractivity contribution in [3.05, 3.63) is 48.5 Å². The van der Waals surface area contributed by atoms with E-state index >= 15 is 0 Å². The van der Waals surface area contributed by atoms with Crippen molar-refractivity contribution in [1.29, 1.82) is 0 Å². The van der Waals surface area contributed by atoms with Crippen molar-refractivity contribution in [3.8, 4) is 0 Å². The molecule has 1 unspecified atom stereocenters. The van der Waals surface area contributed by atoms with Crippen LogP contribution >= 0.6 is 0 Å². The number of anilines is 1. The zero-order chi connectivity index (χ0) is 21.8. The predicted molar refractivity (Wildman–Crippen MR) is 115 cm³/mol. The van der Waals surface area contributed by atoms with Crippen molar-refractivity contribution >= 4 is 17.0 Å². The first-order valence-electron chi connectivity index (χ1n) is 10.7. The van der Waals surface area contributed by atoms with E-state index in [-0.39, 0.29) is 12.6 Å². The van der Waals surface area contributed by atoms with Crippen molar-refractivity contribution in [2.45, 2.75) is 57.3 Å². The fourth-order valence-electron chi connectivity index (χ4n) is 3.86. The summed E-state index contributed by atoms with van der Waals surface area (Å²) in [7, 11) is 0. The summed E-state index contributed by atoms with van der Waals surface area (Å²) < 4.78 is 13.1. The molecule has 1 fully saturated rings. The Balaban J connectivity index is 1.57. The highest BCUT2D eigenvalue weighted by atomic mass is 16.6. The second-order valence-corrected chi connectivity index (χ2v) is 7.68. The lowest BCUT2D eigenvalue weighted by molar-refractivity contribution is -0.0652. The van der Waals surface area contributed by atoms with Crippen molar-refractivity contribution in [2.75, 3.05) is 18.5 Å². The Morgan fingerprint density at radius 1 is 1.13 bits per heavy atom. The molecule has 4 rings (SSSR count). The molecular formula is C22H29N5O4. The lowest BCUT2D eigenvalue weighted by Gasteiger charge is -2.19. The van der Waals surface area contributed by atoms with E-state index in [1.165, 1.54) is 6.33 Å². The van der Waals surface area contributed by atoms with Crippen LogP contribution < -0.4 is 5.32 Å². The van der Waals surface area contributed by atoms with Gasteiger partial charge >= 0.3 is 0 Å². The number of aliphatic hydroxyl groups is 2. The molecule has 0 saturated carbocycles. The highest BCUT2D eigenvalue weighted by molar-refractivity contribution is 5.83. The monoisotopic (exact) mass is 427 g/mol. The van der Waals surface area contributed by atoms with E-state index in [1.54, 1.807) is 10.9 Å². The minimum atomic E-state index is -1.12.